The van der Waals surface area contributed by atoms with Crippen molar-refractivity contribution >= 4 is 0 Å². The number of benzene rings is 1. The van der Waals surface area contributed by atoms with E-state index in [0.29, 0.717) is 5.92 Å². The van der Waals surface area contributed by atoms with Gasteiger partial charge in [-0.2, -0.15) is 0 Å². The zero-order valence-corrected chi connectivity index (χ0v) is 13.4. The molecule has 1 aromatic heterocycles. The largest absolute Gasteiger partial charge is 0.393 e. The highest BCUT2D eigenvalue weighted by atomic mass is 16.3. The maximum Gasteiger partial charge on any atom is 0.0951 e. The summed E-state index contributed by atoms with van der Waals surface area (Å²) < 4.78 is 2.13. The molecule has 0 aliphatic heterocycles. The van der Waals surface area contributed by atoms with Crippen LogP contribution in [0, 0.1) is 12.8 Å². The van der Waals surface area contributed by atoms with Crippen molar-refractivity contribution in [1.29, 1.82) is 0 Å². The SMILES string of the molecule is Cc1ccccc1[C@H](C[C@@H](O)C1CCCCC1)n1ccnc1. The van der Waals surface area contributed by atoms with Gasteiger partial charge in [0.05, 0.1) is 18.5 Å². The third kappa shape index (κ3) is 3.41. The fourth-order valence-electron chi connectivity index (χ4n) is 3.76. The van der Waals surface area contributed by atoms with Crippen LogP contribution >= 0.6 is 0 Å². The molecule has 0 spiro atoms. The number of nitrogens with zero attached hydrogens (tertiary/aromatic N) is 2. The second-order valence-electron chi connectivity index (χ2n) is 6.58. The fraction of sp³-hybridized carbons (Fsp3) is 0.526. The second kappa shape index (κ2) is 7.10. The summed E-state index contributed by atoms with van der Waals surface area (Å²) >= 11 is 0. The first kappa shape index (κ1) is 15.3. The molecule has 1 N–H and O–H groups in total. The Bertz CT molecular complexity index is 573. The Balaban J connectivity index is 1.82. The number of hydrogen-bond acceptors (Lipinski definition) is 2. The van der Waals surface area contributed by atoms with E-state index in [4.69, 9.17) is 0 Å². The summed E-state index contributed by atoms with van der Waals surface area (Å²) in [6.45, 7) is 2.15. The van der Waals surface area contributed by atoms with Gasteiger partial charge in [-0.05, 0) is 43.2 Å². The molecule has 2 atom stereocenters. The van der Waals surface area contributed by atoms with E-state index in [0.717, 1.165) is 6.42 Å². The van der Waals surface area contributed by atoms with Gasteiger partial charge in [-0.25, -0.2) is 4.98 Å². The van der Waals surface area contributed by atoms with Gasteiger partial charge in [0.1, 0.15) is 0 Å². The van der Waals surface area contributed by atoms with Crippen LogP contribution in [0.25, 0.3) is 0 Å². The maximum absolute atomic E-state index is 10.8. The molecular weight excluding hydrogens is 272 g/mol. The van der Waals surface area contributed by atoms with Crippen LogP contribution in [0.3, 0.4) is 0 Å². The number of aliphatic hydroxyl groups is 1. The third-order valence-corrected chi connectivity index (χ3v) is 5.09. The lowest BCUT2D eigenvalue weighted by atomic mass is 9.82. The van der Waals surface area contributed by atoms with Gasteiger partial charge in [0.2, 0.25) is 0 Å². The molecule has 3 rings (SSSR count). The summed E-state index contributed by atoms with van der Waals surface area (Å²) in [4.78, 5) is 4.20. The van der Waals surface area contributed by atoms with Gasteiger partial charge in [-0.1, -0.05) is 43.5 Å². The van der Waals surface area contributed by atoms with E-state index in [9.17, 15) is 5.11 Å². The Morgan fingerprint density at radius 3 is 2.68 bits per heavy atom. The molecule has 0 amide bonds. The monoisotopic (exact) mass is 298 g/mol. The number of rotatable bonds is 5. The minimum atomic E-state index is -0.229. The molecule has 3 heteroatoms. The summed E-state index contributed by atoms with van der Waals surface area (Å²) in [5.41, 5.74) is 2.56. The molecule has 1 heterocycles. The van der Waals surface area contributed by atoms with Crippen molar-refractivity contribution in [2.24, 2.45) is 5.92 Å². The van der Waals surface area contributed by atoms with Crippen LogP contribution in [0.4, 0.5) is 0 Å². The van der Waals surface area contributed by atoms with Gasteiger partial charge in [0.15, 0.2) is 0 Å². The van der Waals surface area contributed by atoms with Gasteiger partial charge in [0, 0.05) is 12.4 Å². The first-order valence-electron chi connectivity index (χ1n) is 8.46. The Morgan fingerprint density at radius 1 is 1.23 bits per heavy atom. The van der Waals surface area contributed by atoms with Crippen LogP contribution in [-0.2, 0) is 0 Å². The minimum absolute atomic E-state index is 0.167. The fourth-order valence-corrected chi connectivity index (χ4v) is 3.76. The molecule has 1 aliphatic carbocycles. The van der Waals surface area contributed by atoms with Crippen LogP contribution < -0.4 is 0 Å². The highest BCUT2D eigenvalue weighted by Gasteiger charge is 2.26. The van der Waals surface area contributed by atoms with Crippen molar-refractivity contribution < 1.29 is 5.11 Å². The molecule has 0 bridgehead atoms. The van der Waals surface area contributed by atoms with Crippen molar-refractivity contribution in [3.8, 4) is 0 Å². The Morgan fingerprint density at radius 2 is 2.00 bits per heavy atom. The van der Waals surface area contributed by atoms with E-state index >= 15 is 0 Å². The minimum Gasteiger partial charge on any atom is -0.393 e. The molecular formula is C19H26N2O. The lowest BCUT2D eigenvalue weighted by Gasteiger charge is -2.30. The van der Waals surface area contributed by atoms with Crippen molar-refractivity contribution in [1.82, 2.24) is 9.55 Å². The lowest BCUT2D eigenvalue weighted by molar-refractivity contribution is 0.0678. The summed E-state index contributed by atoms with van der Waals surface area (Å²) in [5.74, 6) is 0.462. The molecule has 1 aromatic carbocycles. The van der Waals surface area contributed by atoms with E-state index in [1.54, 1.807) is 0 Å². The van der Waals surface area contributed by atoms with E-state index in [-0.39, 0.29) is 12.1 Å². The van der Waals surface area contributed by atoms with Crippen molar-refractivity contribution in [3.63, 3.8) is 0 Å². The average molecular weight is 298 g/mol. The molecule has 1 aliphatic rings. The highest BCUT2D eigenvalue weighted by molar-refractivity contribution is 5.29. The van der Waals surface area contributed by atoms with Crippen LogP contribution in [-0.4, -0.2) is 20.8 Å². The molecule has 0 unspecified atom stereocenters. The molecule has 1 saturated carbocycles. The van der Waals surface area contributed by atoms with Gasteiger partial charge in [-0.3, -0.25) is 0 Å². The molecule has 1 fully saturated rings. The van der Waals surface area contributed by atoms with Crippen LogP contribution in [0.1, 0.15) is 55.7 Å². The zero-order chi connectivity index (χ0) is 15.4. The molecule has 0 radical (unpaired) electrons. The standard InChI is InChI=1S/C19H26N2O/c1-15-7-5-6-10-17(15)18(21-12-11-20-14-21)13-19(22)16-8-3-2-4-9-16/h5-7,10-12,14,16,18-19,22H,2-4,8-9,13H2,1H3/t18-,19+/m0/s1. The molecule has 2 aromatic rings. The Kier molecular flexibility index (Phi) is 4.94. The Labute approximate surface area is 133 Å². The molecule has 0 saturated heterocycles. The van der Waals surface area contributed by atoms with Crippen molar-refractivity contribution in [2.75, 3.05) is 0 Å². The van der Waals surface area contributed by atoms with E-state index < -0.39 is 0 Å². The molecule has 22 heavy (non-hydrogen) atoms. The van der Waals surface area contributed by atoms with Crippen LogP contribution in [0.5, 0.6) is 0 Å². The first-order chi connectivity index (χ1) is 10.8. The number of aliphatic hydroxyl groups excluding tert-OH is 1. The van der Waals surface area contributed by atoms with E-state index in [2.05, 4.69) is 40.7 Å². The third-order valence-electron chi connectivity index (χ3n) is 5.09. The van der Waals surface area contributed by atoms with Crippen molar-refractivity contribution in [3.05, 3.63) is 54.1 Å². The summed E-state index contributed by atoms with van der Waals surface area (Å²) in [6, 6.07) is 8.64. The zero-order valence-electron chi connectivity index (χ0n) is 13.4. The maximum atomic E-state index is 10.8. The normalized spacial score (nSPS) is 19.0. The predicted molar refractivity (Wildman–Crippen MR) is 88.7 cm³/mol. The Hall–Kier alpha value is -1.61. The number of aryl methyl sites for hydroxylation is 1. The van der Waals surface area contributed by atoms with Gasteiger partial charge < -0.3 is 9.67 Å². The number of imidazole rings is 1. The molecule has 118 valence electrons. The lowest BCUT2D eigenvalue weighted by Crippen LogP contribution is -2.27. The quantitative estimate of drug-likeness (QED) is 0.902. The van der Waals surface area contributed by atoms with Gasteiger partial charge in [0.25, 0.3) is 0 Å². The van der Waals surface area contributed by atoms with Crippen molar-refractivity contribution in [2.45, 2.75) is 57.6 Å². The predicted octanol–water partition coefficient (Wildman–Crippen LogP) is 4.11. The second-order valence-corrected chi connectivity index (χ2v) is 6.58. The topological polar surface area (TPSA) is 38.0 Å². The average Bonchev–Trinajstić information content (AvgIpc) is 3.08. The smallest absolute Gasteiger partial charge is 0.0951 e. The summed E-state index contributed by atoms with van der Waals surface area (Å²) in [5, 5.41) is 10.8. The van der Waals surface area contributed by atoms with Crippen LogP contribution in [0.2, 0.25) is 0 Å². The van der Waals surface area contributed by atoms with Gasteiger partial charge in [-0.15, -0.1) is 0 Å². The number of aromatic nitrogens is 2. The van der Waals surface area contributed by atoms with E-state index in [1.807, 2.05) is 18.7 Å². The highest BCUT2D eigenvalue weighted by Crippen LogP contribution is 2.33. The summed E-state index contributed by atoms with van der Waals surface area (Å²) in [7, 11) is 0. The summed E-state index contributed by atoms with van der Waals surface area (Å²) in [6.07, 6.45) is 12.4. The first-order valence-corrected chi connectivity index (χ1v) is 8.46. The number of hydrogen-bond donors (Lipinski definition) is 1. The van der Waals surface area contributed by atoms with Gasteiger partial charge >= 0.3 is 0 Å². The van der Waals surface area contributed by atoms with E-state index in [1.165, 1.54) is 43.2 Å². The molecule has 3 nitrogen and oxygen atoms in total. The van der Waals surface area contributed by atoms with Crippen LogP contribution in [0.15, 0.2) is 43.0 Å².